The summed E-state index contributed by atoms with van der Waals surface area (Å²) in [6, 6.07) is 8.58. The van der Waals surface area contributed by atoms with Crippen molar-refractivity contribution in [1.82, 2.24) is 15.0 Å². The Morgan fingerprint density at radius 1 is 1.16 bits per heavy atom. The lowest BCUT2D eigenvalue weighted by molar-refractivity contribution is -0.138. The predicted octanol–water partition coefficient (Wildman–Crippen LogP) is 5.02. The number of halogens is 1. The number of aromatic amines is 1. The van der Waals surface area contributed by atoms with Crippen molar-refractivity contribution in [3.8, 4) is 11.4 Å². The summed E-state index contributed by atoms with van der Waals surface area (Å²) < 4.78 is 13.4. The first-order valence-corrected chi connectivity index (χ1v) is 11.1. The van der Waals surface area contributed by atoms with Gasteiger partial charge in [0.1, 0.15) is 17.5 Å². The number of hydrogen-bond donors (Lipinski definition) is 2. The quantitative estimate of drug-likeness (QED) is 0.617. The molecule has 0 unspecified atom stereocenters. The number of nitrogens with one attached hydrogen (secondary N) is 1. The molecule has 1 saturated carbocycles. The second-order valence-electron chi connectivity index (χ2n) is 9.18. The Labute approximate surface area is 180 Å². The van der Waals surface area contributed by atoms with Crippen molar-refractivity contribution in [2.75, 3.05) is 18.0 Å². The largest absolute Gasteiger partial charge is 0.481 e. The van der Waals surface area contributed by atoms with Crippen molar-refractivity contribution >= 4 is 22.8 Å². The zero-order valence-electron chi connectivity index (χ0n) is 17.5. The molecule has 0 radical (unpaired) electrons. The van der Waals surface area contributed by atoms with Gasteiger partial charge in [0.2, 0.25) is 0 Å². The van der Waals surface area contributed by atoms with Gasteiger partial charge in [-0.05, 0) is 80.2 Å². The number of carbonyl (C=O) groups is 1. The number of aromatic nitrogens is 3. The fourth-order valence-electron chi connectivity index (χ4n) is 5.28. The lowest BCUT2D eigenvalue weighted by atomic mass is 9.65. The lowest BCUT2D eigenvalue weighted by Gasteiger charge is -2.46. The molecule has 162 valence electrons. The third kappa shape index (κ3) is 4.13. The molecule has 7 heteroatoms. The summed E-state index contributed by atoms with van der Waals surface area (Å²) >= 11 is 0. The minimum absolute atomic E-state index is 0.283. The fraction of sp³-hybridized carbons (Fsp3) is 0.458. The molecule has 0 bridgehead atoms. The summed E-state index contributed by atoms with van der Waals surface area (Å²) in [6.07, 6.45) is 8.82. The molecule has 2 fully saturated rings. The number of rotatable bonds is 4. The molecule has 1 aromatic carbocycles. The Kier molecular flexibility index (Phi) is 5.12. The van der Waals surface area contributed by atoms with Crippen LogP contribution in [-0.2, 0) is 4.79 Å². The highest BCUT2D eigenvalue weighted by molar-refractivity contribution is 5.79. The van der Waals surface area contributed by atoms with Crippen molar-refractivity contribution in [2.24, 2.45) is 11.3 Å². The van der Waals surface area contributed by atoms with Crippen LogP contribution in [0.5, 0.6) is 0 Å². The first-order valence-electron chi connectivity index (χ1n) is 11.1. The number of nitrogens with zero attached hydrogens (tertiary/aromatic N) is 3. The Bertz CT molecular complexity index is 1080. The number of anilines is 1. The standard InChI is InChI=1S/C24H27FN4O2/c25-18-2-3-19-20(14-18)28-23(27-19)17-1-4-21(26-15-17)29-11-9-24(10-12-29)7-5-16(6-8-24)13-22(30)31/h1-4,14-16H,5-13H2,(H,27,28)(H,30,31). The van der Waals surface area contributed by atoms with E-state index in [4.69, 9.17) is 5.11 Å². The second-order valence-corrected chi connectivity index (χ2v) is 9.18. The Hall–Kier alpha value is -2.96. The molecule has 31 heavy (non-hydrogen) atoms. The van der Waals surface area contributed by atoms with Crippen molar-refractivity contribution in [3.05, 3.63) is 42.3 Å². The van der Waals surface area contributed by atoms with Gasteiger partial charge in [-0.15, -0.1) is 0 Å². The first kappa shape index (κ1) is 20.0. The van der Waals surface area contributed by atoms with Gasteiger partial charge >= 0.3 is 5.97 Å². The Morgan fingerprint density at radius 2 is 1.94 bits per heavy atom. The van der Waals surface area contributed by atoms with Crippen LogP contribution < -0.4 is 4.90 Å². The molecule has 1 saturated heterocycles. The van der Waals surface area contributed by atoms with E-state index in [1.807, 2.05) is 18.3 Å². The summed E-state index contributed by atoms with van der Waals surface area (Å²) in [4.78, 5) is 25.7. The minimum atomic E-state index is -0.667. The van der Waals surface area contributed by atoms with Crippen LogP contribution >= 0.6 is 0 Å². The van der Waals surface area contributed by atoms with Crippen LogP contribution in [0.3, 0.4) is 0 Å². The Balaban J connectivity index is 1.22. The zero-order chi connectivity index (χ0) is 21.4. The topological polar surface area (TPSA) is 82.1 Å². The molecule has 2 aromatic heterocycles. The molecule has 1 spiro atoms. The van der Waals surface area contributed by atoms with E-state index in [2.05, 4.69) is 19.9 Å². The number of H-pyrrole nitrogens is 1. The Morgan fingerprint density at radius 3 is 2.61 bits per heavy atom. The van der Waals surface area contributed by atoms with Crippen LogP contribution in [0, 0.1) is 17.2 Å². The molecule has 0 amide bonds. The van der Waals surface area contributed by atoms with Gasteiger partial charge < -0.3 is 15.0 Å². The molecule has 6 nitrogen and oxygen atoms in total. The molecule has 1 aliphatic carbocycles. The molecule has 5 rings (SSSR count). The van der Waals surface area contributed by atoms with Gasteiger partial charge in [0.05, 0.1) is 11.0 Å². The molecular weight excluding hydrogens is 395 g/mol. The number of carboxylic acids is 1. The van der Waals surface area contributed by atoms with Crippen molar-refractivity contribution in [3.63, 3.8) is 0 Å². The maximum Gasteiger partial charge on any atom is 0.303 e. The summed E-state index contributed by atoms with van der Waals surface area (Å²) in [5.74, 6) is 1.07. The average Bonchev–Trinajstić information content (AvgIpc) is 3.19. The number of piperidine rings is 1. The van der Waals surface area contributed by atoms with E-state index in [9.17, 15) is 9.18 Å². The maximum atomic E-state index is 13.4. The highest BCUT2D eigenvalue weighted by atomic mass is 19.1. The first-order chi connectivity index (χ1) is 15.0. The van der Waals surface area contributed by atoms with Gasteiger partial charge in [-0.1, -0.05) is 0 Å². The van der Waals surface area contributed by atoms with Gasteiger partial charge in [-0.3, -0.25) is 4.79 Å². The fourth-order valence-corrected chi connectivity index (χ4v) is 5.28. The minimum Gasteiger partial charge on any atom is -0.481 e. The molecule has 3 heterocycles. The highest BCUT2D eigenvalue weighted by Crippen LogP contribution is 2.47. The summed E-state index contributed by atoms with van der Waals surface area (Å²) in [5.41, 5.74) is 2.68. The van der Waals surface area contributed by atoms with E-state index in [0.717, 1.165) is 68.5 Å². The number of imidazole rings is 1. The van der Waals surface area contributed by atoms with E-state index in [0.29, 0.717) is 29.1 Å². The average molecular weight is 423 g/mol. The normalized spacial score (nSPS) is 19.2. The zero-order valence-corrected chi connectivity index (χ0v) is 17.5. The van der Waals surface area contributed by atoms with Crippen molar-refractivity contribution < 1.29 is 14.3 Å². The lowest BCUT2D eigenvalue weighted by Crippen LogP contribution is -2.42. The molecule has 0 atom stereocenters. The summed E-state index contributed by atoms with van der Waals surface area (Å²) in [5, 5.41) is 9.03. The second kappa shape index (κ2) is 7.94. The predicted molar refractivity (Wildman–Crippen MR) is 117 cm³/mol. The molecule has 2 N–H and O–H groups in total. The molecule has 2 aliphatic rings. The third-order valence-electron chi connectivity index (χ3n) is 7.24. The van der Waals surface area contributed by atoms with Crippen LogP contribution in [0.2, 0.25) is 0 Å². The van der Waals surface area contributed by atoms with E-state index in [-0.39, 0.29) is 5.82 Å². The van der Waals surface area contributed by atoms with Gasteiger partial charge in [-0.2, -0.15) is 0 Å². The monoisotopic (exact) mass is 422 g/mol. The van der Waals surface area contributed by atoms with Crippen LogP contribution in [0.25, 0.3) is 22.4 Å². The number of fused-ring (bicyclic) bond motifs is 1. The van der Waals surface area contributed by atoms with Gasteiger partial charge in [-0.25, -0.2) is 14.4 Å². The maximum absolute atomic E-state index is 13.4. The molecular formula is C24H27FN4O2. The van der Waals surface area contributed by atoms with Crippen LogP contribution in [0.15, 0.2) is 36.5 Å². The van der Waals surface area contributed by atoms with Gasteiger partial charge in [0.25, 0.3) is 0 Å². The van der Waals surface area contributed by atoms with Crippen molar-refractivity contribution in [1.29, 1.82) is 0 Å². The molecule has 3 aromatic rings. The SMILES string of the molecule is O=C(O)CC1CCC2(CC1)CCN(c1ccc(-c3nc4ccc(F)cc4[nH]3)cn1)CC2. The smallest absolute Gasteiger partial charge is 0.303 e. The highest BCUT2D eigenvalue weighted by Gasteiger charge is 2.38. The number of aliphatic carboxylic acids is 1. The molecule has 1 aliphatic heterocycles. The van der Waals surface area contributed by atoms with Gasteiger partial charge in [0.15, 0.2) is 0 Å². The van der Waals surface area contributed by atoms with Crippen LogP contribution in [-0.4, -0.2) is 39.1 Å². The van der Waals surface area contributed by atoms with Crippen molar-refractivity contribution in [2.45, 2.75) is 44.9 Å². The van der Waals surface area contributed by atoms with E-state index in [1.165, 1.54) is 12.1 Å². The van der Waals surface area contributed by atoms with Gasteiger partial charge in [0, 0.05) is 31.3 Å². The number of carboxylic acid groups (broad SMARTS) is 1. The van der Waals surface area contributed by atoms with Crippen LogP contribution in [0.4, 0.5) is 10.2 Å². The third-order valence-corrected chi connectivity index (χ3v) is 7.24. The van der Waals surface area contributed by atoms with Crippen LogP contribution in [0.1, 0.15) is 44.9 Å². The number of hydrogen-bond acceptors (Lipinski definition) is 4. The number of pyridine rings is 1. The summed E-state index contributed by atoms with van der Waals surface area (Å²) in [6.45, 7) is 1.97. The summed E-state index contributed by atoms with van der Waals surface area (Å²) in [7, 11) is 0. The number of benzene rings is 1. The van der Waals surface area contributed by atoms with E-state index in [1.54, 1.807) is 6.07 Å². The van der Waals surface area contributed by atoms with E-state index < -0.39 is 5.97 Å². The van der Waals surface area contributed by atoms with E-state index >= 15 is 0 Å².